The second-order valence-electron chi connectivity index (χ2n) is 7.78. The molecule has 0 aromatic rings. The number of rotatable bonds is 2. The number of nitrogens with zero attached hydrogens (tertiary/aromatic N) is 2. The molecule has 1 unspecified atom stereocenters. The number of amides is 2. The summed E-state index contributed by atoms with van der Waals surface area (Å²) >= 11 is 0. The molecular weight excluding hydrogens is 296 g/mol. The number of likely N-dealkylation sites (tertiary alicyclic amines) is 2. The van der Waals surface area contributed by atoms with Crippen molar-refractivity contribution >= 4 is 17.8 Å². The first-order valence-electron chi connectivity index (χ1n) is 8.51. The van der Waals surface area contributed by atoms with Crippen molar-refractivity contribution in [1.29, 1.82) is 0 Å². The van der Waals surface area contributed by atoms with E-state index in [1.807, 2.05) is 25.7 Å². The third-order valence-electron chi connectivity index (χ3n) is 4.86. The van der Waals surface area contributed by atoms with E-state index in [-0.39, 0.29) is 23.7 Å². The van der Waals surface area contributed by atoms with Crippen LogP contribution in [0.5, 0.6) is 0 Å². The molecular formula is C17H28N2O4. The normalized spacial score (nSPS) is 23.7. The quantitative estimate of drug-likeness (QED) is 0.837. The Kier molecular flexibility index (Phi) is 5.32. The van der Waals surface area contributed by atoms with Crippen LogP contribution in [0.2, 0.25) is 0 Å². The Labute approximate surface area is 137 Å². The van der Waals surface area contributed by atoms with Gasteiger partial charge >= 0.3 is 5.97 Å². The lowest BCUT2D eigenvalue weighted by Crippen LogP contribution is -2.50. The van der Waals surface area contributed by atoms with Crippen LogP contribution in [0.25, 0.3) is 0 Å². The van der Waals surface area contributed by atoms with Crippen LogP contribution in [0.3, 0.4) is 0 Å². The molecule has 0 bridgehead atoms. The first kappa shape index (κ1) is 17.8. The van der Waals surface area contributed by atoms with E-state index in [4.69, 9.17) is 5.11 Å². The van der Waals surface area contributed by atoms with E-state index in [0.717, 1.165) is 19.4 Å². The van der Waals surface area contributed by atoms with E-state index in [1.54, 1.807) is 4.90 Å². The molecule has 0 aromatic carbocycles. The monoisotopic (exact) mass is 324 g/mol. The maximum Gasteiger partial charge on any atom is 0.306 e. The minimum Gasteiger partial charge on any atom is -0.481 e. The van der Waals surface area contributed by atoms with Crippen molar-refractivity contribution in [1.82, 2.24) is 9.80 Å². The second kappa shape index (κ2) is 6.89. The van der Waals surface area contributed by atoms with Gasteiger partial charge in [0.2, 0.25) is 11.8 Å². The number of hydrogen-bond acceptors (Lipinski definition) is 3. The number of carbonyl (C=O) groups excluding carboxylic acids is 2. The summed E-state index contributed by atoms with van der Waals surface area (Å²) in [5.41, 5.74) is -0.426. The Morgan fingerprint density at radius 2 is 1.52 bits per heavy atom. The van der Waals surface area contributed by atoms with E-state index in [9.17, 15) is 14.4 Å². The molecule has 6 nitrogen and oxygen atoms in total. The number of piperidine rings is 2. The van der Waals surface area contributed by atoms with Crippen molar-refractivity contribution in [3.8, 4) is 0 Å². The minimum absolute atomic E-state index is 0.0836. The summed E-state index contributed by atoms with van der Waals surface area (Å²) < 4.78 is 0. The highest BCUT2D eigenvalue weighted by molar-refractivity contribution is 5.84. The van der Waals surface area contributed by atoms with Crippen LogP contribution < -0.4 is 0 Å². The predicted octanol–water partition coefficient (Wildman–Crippen LogP) is 1.59. The summed E-state index contributed by atoms with van der Waals surface area (Å²) in [6, 6.07) is 0. The number of carbonyl (C=O) groups is 3. The average Bonchev–Trinajstić information content (AvgIpc) is 2.52. The van der Waals surface area contributed by atoms with Crippen molar-refractivity contribution in [2.45, 2.75) is 46.5 Å². The Morgan fingerprint density at radius 3 is 2.04 bits per heavy atom. The van der Waals surface area contributed by atoms with Crippen LogP contribution in [0.4, 0.5) is 0 Å². The van der Waals surface area contributed by atoms with Crippen LogP contribution in [-0.4, -0.2) is 58.9 Å². The molecule has 0 spiro atoms. The highest BCUT2D eigenvalue weighted by atomic mass is 16.4. The fourth-order valence-corrected chi connectivity index (χ4v) is 3.44. The maximum absolute atomic E-state index is 12.7. The van der Waals surface area contributed by atoms with Crippen molar-refractivity contribution in [2.24, 2.45) is 17.3 Å². The molecule has 2 fully saturated rings. The second-order valence-corrected chi connectivity index (χ2v) is 7.78. The molecule has 0 saturated carbocycles. The van der Waals surface area contributed by atoms with Gasteiger partial charge in [0.05, 0.1) is 11.8 Å². The predicted molar refractivity (Wildman–Crippen MR) is 85.7 cm³/mol. The highest BCUT2D eigenvalue weighted by Crippen LogP contribution is 2.26. The summed E-state index contributed by atoms with van der Waals surface area (Å²) in [5.74, 6) is -1.06. The Hall–Kier alpha value is -1.59. The average molecular weight is 324 g/mol. The first-order valence-corrected chi connectivity index (χ1v) is 8.51. The zero-order chi connectivity index (χ0) is 17.2. The van der Waals surface area contributed by atoms with E-state index in [1.165, 1.54) is 0 Å². The molecule has 2 heterocycles. The molecule has 23 heavy (non-hydrogen) atoms. The summed E-state index contributed by atoms with van der Waals surface area (Å²) in [5, 5.41) is 9.04. The van der Waals surface area contributed by atoms with Crippen LogP contribution in [0.1, 0.15) is 46.5 Å². The smallest absolute Gasteiger partial charge is 0.306 e. The van der Waals surface area contributed by atoms with Crippen LogP contribution >= 0.6 is 0 Å². The molecule has 2 saturated heterocycles. The van der Waals surface area contributed by atoms with Crippen molar-refractivity contribution in [2.75, 3.05) is 26.2 Å². The Morgan fingerprint density at radius 1 is 0.913 bits per heavy atom. The van der Waals surface area contributed by atoms with Crippen molar-refractivity contribution in [3.05, 3.63) is 0 Å². The number of carboxylic acids is 1. The standard InChI is InChI=1S/C17H28N2O4/c1-17(2,3)16(23)19-8-4-5-13(11-19)14(20)18-9-6-12(7-10-18)15(21)22/h12-13H,4-11H2,1-3H3,(H,21,22). The lowest BCUT2D eigenvalue weighted by molar-refractivity contribution is -0.149. The summed E-state index contributed by atoms with van der Waals surface area (Å²) in [6.45, 7) is 7.94. The van der Waals surface area contributed by atoms with E-state index >= 15 is 0 Å². The van der Waals surface area contributed by atoms with Gasteiger partial charge in [-0.1, -0.05) is 20.8 Å². The SMILES string of the molecule is CC(C)(C)C(=O)N1CCCC(C(=O)N2CCC(C(=O)O)CC2)C1. The van der Waals surface area contributed by atoms with Crippen LogP contribution in [-0.2, 0) is 14.4 Å². The molecule has 2 aliphatic heterocycles. The topological polar surface area (TPSA) is 77.9 Å². The van der Waals surface area contributed by atoms with Gasteiger partial charge < -0.3 is 14.9 Å². The van der Waals surface area contributed by atoms with Gasteiger partial charge in [-0.05, 0) is 25.7 Å². The van der Waals surface area contributed by atoms with Crippen LogP contribution in [0, 0.1) is 17.3 Å². The van der Waals surface area contributed by atoms with Crippen molar-refractivity contribution < 1.29 is 19.5 Å². The Bertz CT molecular complexity index is 475. The largest absolute Gasteiger partial charge is 0.481 e. The molecule has 0 aromatic heterocycles. The number of hydrogen-bond donors (Lipinski definition) is 1. The maximum atomic E-state index is 12.7. The molecule has 2 amide bonds. The van der Waals surface area contributed by atoms with Crippen LogP contribution in [0.15, 0.2) is 0 Å². The molecule has 2 aliphatic rings. The number of carboxylic acid groups (broad SMARTS) is 1. The van der Waals surface area contributed by atoms with Gasteiger partial charge in [0, 0.05) is 31.6 Å². The molecule has 1 atom stereocenters. The van der Waals surface area contributed by atoms with Gasteiger partial charge in [-0.2, -0.15) is 0 Å². The Balaban J connectivity index is 1.92. The molecule has 2 rings (SSSR count). The summed E-state index contributed by atoms with van der Waals surface area (Å²) in [6.07, 6.45) is 2.71. The molecule has 0 radical (unpaired) electrons. The third kappa shape index (κ3) is 4.24. The van der Waals surface area contributed by atoms with Crippen molar-refractivity contribution in [3.63, 3.8) is 0 Å². The van der Waals surface area contributed by atoms with E-state index < -0.39 is 11.4 Å². The fourth-order valence-electron chi connectivity index (χ4n) is 3.44. The molecule has 1 N–H and O–H groups in total. The van der Waals surface area contributed by atoms with Gasteiger partial charge in [-0.25, -0.2) is 0 Å². The summed E-state index contributed by atoms with van der Waals surface area (Å²) in [7, 11) is 0. The van der Waals surface area contributed by atoms with Gasteiger partial charge in [0.25, 0.3) is 0 Å². The lowest BCUT2D eigenvalue weighted by atomic mass is 9.90. The van der Waals surface area contributed by atoms with Gasteiger partial charge in [-0.3, -0.25) is 14.4 Å². The molecule has 130 valence electrons. The summed E-state index contributed by atoms with van der Waals surface area (Å²) in [4.78, 5) is 39.7. The zero-order valence-corrected chi connectivity index (χ0v) is 14.4. The fraction of sp³-hybridized carbons (Fsp3) is 0.824. The van der Waals surface area contributed by atoms with E-state index in [0.29, 0.717) is 32.5 Å². The molecule has 6 heteroatoms. The lowest BCUT2D eigenvalue weighted by Gasteiger charge is -2.39. The highest BCUT2D eigenvalue weighted by Gasteiger charge is 2.36. The first-order chi connectivity index (χ1) is 10.7. The van der Waals surface area contributed by atoms with Gasteiger partial charge in [0.1, 0.15) is 0 Å². The van der Waals surface area contributed by atoms with Gasteiger partial charge in [0.15, 0.2) is 0 Å². The molecule has 0 aliphatic carbocycles. The minimum atomic E-state index is -0.767. The van der Waals surface area contributed by atoms with E-state index in [2.05, 4.69) is 0 Å². The van der Waals surface area contributed by atoms with Gasteiger partial charge in [-0.15, -0.1) is 0 Å². The third-order valence-corrected chi connectivity index (χ3v) is 4.86. The number of aliphatic carboxylic acids is 1. The zero-order valence-electron chi connectivity index (χ0n) is 14.4.